The fourth-order valence-corrected chi connectivity index (χ4v) is 1.56. The van der Waals surface area contributed by atoms with E-state index in [1.807, 2.05) is 27.8 Å². The molecule has 1 aliphatic carbocycles. The lowest BCUT2D eigenvalue weighted by molar-refractivity contribution is 0.0254. The largest absolute Gasteiger partial charge is 0.444 e. The second kappa shape index (κ2) is 6.95. The molecule has 1 rings (SSSR count). The van der Waals surface area contributed by atoms with Crippen LogP contribution in [0, 0.1) is 0 Å². The monoisotopic (exact) mass is 257 g/mol. The van der Waals surface area contributed by atoms with E-state index in [0.717, 1.165) is 13.1 Å². The van der Waals surface area contributed by atoms with Gasteiger partial charge in [-0.3, -0.25) is 0 Å². The van der Waals surface area contributed by atoms with E-state index in [1.165, 1.54) is 12.8 Å². The minimum atomic E-state index is -0.432. The quantitative estimate of drug-likeness (QED) is 0.719. The molecule has 0 spiro atoms. The molecule has 0 aromatic heterocycles. The number of hydrogen-bond acceptors (Lipinski definition) is 4. The van der Waals surface area contributed by atoms with Crippen molar-refractivity contribution in [2.75, 3.05) is 33.2 Å². The maximum absolute atomic E-state index is 12.0. The summed E-state index contributed by atoms with van der Waals surface area (Å²) in [6.07, 6.45) is 2.31. The zero-order chi connectivity index (χ0) is 13.6. The zero-order valence-electron chi connectivity index (χ0n) is 12.1. The van der Waals surface area contributed by atoms with Gasteiger partial charge in [0, 0.05) is 32.2 Å². The van der Waals surface area contributed by atoms with Crippen LogP contribution in [-0.2, 0) is 4.74 Å². The molecule has 18 heavy (non-hydrogen) atoms. The SMILES string of the molecule is CNCCN(CCNC1CC1)C(=O)OC(C)(C)C. The number of ether oxygens (including phenoxy) is 1. The molecular weight excluding hydrogens is 230 g/mol. The normalized spacial score (nSPS) is 15.6. The number of carbonyl (C=O) groups is 1. The number of nitrogens with zero attached hydrogens (tertiary/aromatic N) is 1. The number of hydrogen-bond donors (Lipinski definition) is 2. The summed E-state index contributed by atoms with van der Waals surface area (Å²) in [5.74, 6) is 0. The molecule has 0 radical (unpaired) electrons. The molecule has 5 nitrogen and oxygen atoms in total. The van der Waals surface area contributed by atoms with Gasteiger partial charge in [-0.25, -0.2) is 4.79 Å². The molecule has 5 heteroatoms. The Balaban J connectivity index is 2.33. The summed E-state index contributed by atoms with van der Waals surface area (Å²) >= 11 is 0. The molecule has 0 aromatic carbocycles. The van der Waals surface area contributed by atoms with E-state index in [-0.39, 0.29) is 6.09 Å². The molecule has 0 saturated heterocycles. The Morgan fingerprint density at radius 1 is 1.28 bits per heavy atom. The lowest BCUT2D eigenvalue weighted by Crippen LogP contribution is -2.43. The van der Waals surface area contributed by atoms with E-state index >= 15 is 0 Å². The highest BCUT2D eigenvalue weighted by Crippen LogP contribution is 2.18. The van der Waals surface area contributed by atoms with Crippen molar-refractivity contribution in [3.63, 3.8) is 0 Å². The predicted molar refractivity (Wildman–Crippen MR) is 72.8 cm³/mol. The third-order valence-corrected chi connectivity index (χ3v) is 2.68. The van der Waals surface area contributed by atoms with Crippen LogP contribution in [0.4, 0.5) is 4.79 Å². The molecule has 1 saturated carbocycles. The molecule has 1 fully saturated rings. The number of carbonyl (C=O) groups excluding carboxylic acids is 1. The van der Waals surface area contributed by atoms with Crippen molar-refractivity contribution in [1.29, 1.82) is 0 Å². The average molecular weight is 257 g/mol. The third-order valence-electron chi connectivity index (χ3n) is 2.68. The predicted octanol–water partition coefficient (Wildman–Crippen LogP) is 1.19. The molecule has 0 unspecified atom stereocenters. The Hall–Kier alpha value is -0.810. The van der Waals surface area contributed by atoms with E-state index in [0.29, 0.717) is 19.1 Å². The van der Waals surface area contributed by atoms with Gasteiger partial charge in [-0.05, 0) is 40.7 Å². The van der Waals surface area contributed by atoms with Crippen LogP contribution in [0.3, 0.4) is 0 Å². The van der Waals surface area contributed by atoms with Gasteiger partial charge in [0.15, 0.2) is 0 Å². The summed E-state index contributed by atoms with van der Waals surface area (Å²) in [7, 11) is 1.88. The molecule has 1 aliphatic rings. The molecular formula is C13H27N3O2. The molecule has 2 N–H and O–H groups in total. The van der Waals surface area contributed by atoms with Crippen molar-refractivity contribution in [1.82, 2.24) is 15.5 Å². The fraction of sp³-hybridized carbons (Fsp3) is 0.923. The van der Waals surface area contributed by atoms with E-state index in [1.54, 1.807) is 4.90 Å². The number of amides is 1. The second-order valence-electron chi connectivity index (χ2n) is 5.80. The van der Waals surface area contributed by atoms with Gasteiger partial charge in [0.1, 0.15) is 5.60 Å². The summed E-state index contributed by atoms with van der Waals surface area (Å²) < 4.78 is 5.40. The Kier molecular flexibility index (Phi) is 5.88. The summed E-state index contributed by atoms with van der Waals surface area (Å²) in [6.45, 7) is 8.68. The maximum atomic E-state index is 12.0. The van der Waals surface area contributed by atoms with Gasteiger partial charge in [0.25, 0.3) is 0 Å². The number of nitrogens with one attached hydrogen (secondary N) is 2. The van der Waals surface area contributed by atoms with E-state index in [9.17, 15) is 4.79 Å². The van der Waals surface area contributed by atoms with Crippen LogP contribution in [0.25, 0.3) is 0 Å². The average Bonchev–Trinajstić information content (AvgIpc) is 3.04. The molecule has 1 amide bonds. The van der Waals surface area contributed by atoms with Crippen LogP contribution in [-0.4, -0.2) is 55.9 Å². The molecule has 106 valence electrons. The Morgan fingerprint density at radius 2 is 1.89 bits per heavy atom. The maximum Gasteiger partial charge on any atom is 0.410 e. The van der Waals surface area contributed by atoms with E-state index < -0.39 is 5.60 Å². The van der Waals surface area contributed by atoms with Crippen LogP contribution in [0.1, 0.15) is 33.6 Å². The lowest BCUT2D eigenvalue weighted by Gasteiger charge is -2.27. The van der Waals surface area contributed by atoms with E-state index in [2.05, 4.69) is 10.6 Å². The first-order valence-electron chi connectivity index (χ1n) is 6.78. The first kappa shape index (κ1) is 15.2. The third kappa shape index (κ3) is 6.81. The zero-order valence-corrected chi connectivity index (χ0v) is 12.1. The highest BCUT2D eigenvalue weighted by molar-refractivity contribution is 5.68. The summed E-state index contributed by atoms with van der Waals surface area (Å²) in [5, 5.41) is 6.47. The van der Waals surface area contributed by atoms with Crippen molar-refractivity contribution in [2.24, 2.45) is 0 Å². The Labute approximate surface area is 110 Å². The standard InChI is InChI=1S/C13H27N3O2/c1-13(2,3)18-12(17)16(9-7-14-4)10-8-15-11-5-6-11/h11,14-15H,5-10H2,1-4H3. The molecule has 0 atom stereocenters. The number of rotatable bonds is 7. The Morgan fingerprint density at radius 3 is 2.39 bits per heavy atom. The molecule has 0 bridgehead atoms. The van der Waals surface area contributed by atoms with Gasteiger partial charge < -0.3 is 20.3 Å². The summed E-state index contributed by atoms with van der Waals surface area (Å²) in [5.41, 5.74) is -0.432. The van der Waals surface area contributed by atoms with Crippen molar-refractivity contribution in [3.8, 4) is 0 Å². The van der Waals surface area contributed by atoms with Crippen LogP contribution in [0.15, 0.2) is 0 Å². The van der Waals surface area contributed by atoms with Crippen LogP contribution < -0.4 is 10.6 Å². The van der Waals surface area contributed by atoms with Crippen LogP contribution in [0.2, 0.25) is 0 Å². The first-order chi connectivity index (χ1) is 8.42. The lowest BCUT2D eigenvalue weighted by atomic mass is 10.2. The van der Waals surface area contributed by atoms with Gasteiger partial charge in [-0.15, -0.1) is 0 Å². The van der Waals surface area contributed by atoms with Gasteiger partial charge in [0.2, 0.25) is 0 Å². The van der Waals surface area contributed by atoms with Crippen molar-refractivity contribution in [3.05, 3.63) is 0 Å². The highest BCUT2D eigenvalue weighted by atomic mass is 16.6. The highest BCUT2D eigenvalue weighted by Gasteiger charge is 2.23. The second-order valence-corrected chi connectivity index (χ2v) is 5.80. The Bertz CT molecular complexity index is 259. The van der Waals surface area contributed by atoms with Gasteiger partial charge in [-0.1, -0.05) is 0 Å². The minimum Gasteiger partial charge on any atom is -0.444 e. The van der Waals surface area contributed by atoms with Crippen molar-refractivity contribution < 1.29 is 9.53 Å². The summed E-state index contributed by atoms with van der Waals surface area (Å²) in [6, 6.07) is 0.676. The van der Waals surface area contributed by atoms with Crippen molar-refractivity contribution in [2.45, 2.75) is 45.3 Å². The van der Waals surface area contributed by atoms with E-state index in [4.69, 9.17) is 4.74 Å². The number of likely N-dealkylation sites (N-methyl/N-ethyl adjacent to an activating group) is 1. The fourth-order valence-electron chi connectivity index (χ4n) is 1.56. The minimum absolute atomic E-state index is 0.227. The topological polar surface area (TPSA) is 53.6 Å². The molecule has 0 aromatic rings. The molecule has 0 aliphatic heterocycles. The van der Waals surface area contributed by atoms with Gasteiger partial charge in [-0.2, -0.15) is 0 Å². The van der Waals surface area contributed by atoms with Crippen LogP contribution >= 0.6 is 0 Å². The first-order valence-corrected chi connectivity index (χ1v) is 6.78. The molecule has 0 heterocycles. The van der Waals surface area contributed by atoms with Crippen molar-refractivity contribution >= 4 is 6.09 Å². The van der Waals surface area contributed by atoms with Gasteiger partial charge >= 0.3 is 6.09 Å². The van der Waals surface area contributed by atoms with Gasteiger partial charge in [0.05, 0.1) is 0 Å². The van der Waals surface area contributed by atoms with Crippen LogP contribution in [0.5, 0.6) is 0 Å². The smallest absolute Gasteiger partial charge is 0.410 e. The summed E-state index contributed by atoms with van der Waals surface area (Å²) in [4.78, 5) is 13.8.